The van der Waals surface area contributed by atoms with Crippen LogP contribution < -0.4 is 11.1 Å². The van der Waals surface area contributed by atoms with E-state index in [0.717, 1.165) is 0 Å². The lowest BCUT2D eigenvalue weighted by molar-refractivity contribution is -0.138. The van der Waals surface area contributed by atoms with Crippen molar-refractivity contribution in [3.63, 3.8) is 0 Å². The van der Waals surface area contributed by atoms with E-state index in [9.17, 15) is 9.59 Å². The molecule has 0 radical (unpaired) electrons. The Kier molecular flexibility index (Phi) is 2.65. The average molecular weight is 171 g/mol. The molecule has 3 N–H and O–H groups in total. The molecule has 0 aromatic heterocycles. The summed E-state index contributed by atoms with van der Waals surface area (Å²) in [5, 5.41) is 2.99. The van der Waals surface area contributed by atoms with Gasteiger partial charge in [-0.3, -0.25) is 9.59 Å². The summed E-state index contributed by atoms with van der Waals surface area (Å²) in [6.07, 6.45) is 0. The van der Waals surface area contributed by atoms with E-state index in [-0.39, 0.29) is 18.4 Å². The zero-order valence-corrected chi connectivity index (χ0v) is 7.04. The van der Waals surface area contributed by atoms with E-state index >= 15 is 0 Å². The van der Waals surface area contributed by atoms with Crippen molar-refractivity contribution in [2.24, 2.45) is 11.7 Å². The number of hydrogen-bond acceptors (Lipinski definition) is 3. The van der Waals surface area contributed by atoms with Gasteiger partial charge in [0.05, 0.1) is 12.5 Å². The Morgan fingerprint density at radius 2 is 2.17 bits per heavy atom. The summed E-state index contributed by atoms with van der Waals surface area (Å²) >= 11 is 0. The maximum Gasteiger partial charge on any atom is 0.237 e. The molecule has 0 bridgehead atoms. The fourth-order valence-electron chi connectivity index (χ4n) is 1.09. The number of nitrogens with two attached hydrogens (primary N) is 1. The number of primary amides is 1. The van der Waals surface area contributed by atoms with Crippen molar-refractivity contribution in [1.82, 2.24) is 10.2 Å². The summed E-state index contributed by atoms with van der Waals surface area (Å²) < 4.78 is 0. The van der Waals surface area contributed by atoms with E-state index in [4.69, 9.17) is 5.73 Å². The standard InChI is InChI=1S/C7H13N3O2/c1-10(4-6(8)11)7(12)5-2-9-3-5/h5,9H,2-4H2,1H3,(H2,8,11). The topological polar surface area (TPSA) is 75.4 Å². The lowest BCUT2D eigenvalue weighted by atomic mass is 10.0. The molecule has 0 saturated carbocycles. The van der Waals surface area contributed by atoms with Gasteiger partial charge >= 0.3 is 0 Å². The molecule has 0 aromatic carbocycles. The van der Waals surface area contributed by atoms with E-state index < -0.39 is 5.91 Å². The number of rotatable bonds is 3. The van der Waals surface area contributed by atoms with Crippen LogP contribution in [0.3, 0.4) is 0 Å². The summed E-state index contributed by atoms with van der Waals surface area (Å²) in [5.74, 6) is -0.444. The number of amides is 2. The van der Waals surface area contributed by atoms with Gasteiger partial charge in [-0.05, 0) is 0 Å². The summed E-state index contributed by atoms with van der Waals surface area (Å²) in [5.41, 5.74) is 4.94. The highest BCUT2D eigenvalue weighted by molar-refractivity contribution is 5.85. The monoisotopic (exact) mass is 171 g/mol. The van der Waals surface area contributed by atoms with Crippen molar-refractivity contribution in [3.8, 4) is 0 Å². The minimum absolute atomic E-state index is 0.00690. The SMILES string of the molecule is CN(CC(N)=O)C(=O)C1CNC1. The number of nitrogens with zero attached hydrogens (tertiary/aromatic N) is 1. The molecule has 1 heterocycles. The van der Waals surface area contributed by atoms with E-state index in [1.807, 2.05) is 0 Å². The molecule has 0 unspecified atom stereocenters. The minimum atomic E-state index is -0.474. The third kappa shape index (κ3) is 1.94. The number of nitrogens with one attached hydrogen (secondary N) is 1. The predicted molar refractivity (Wildman–Crippen MR) is 43.2 cm³/mol. The second-order valence-electron chi connectivity index (χ2n) is 3.02. The van der Waals surface area contributed by atoms with Crippen molar-refractivity contribution in [3.05, 3.63) is 0 Å². The molecule has 2 amide bonds. The van der Waals surface area contributed by atoms with E-state index in [1.54, 1.807) is 7.05 Å². The highest BCUT2D eigenvalue weighted by Gasteiger charge is 2.27. The Balaban J connectivity index is 2.34. The zero-order chi connectivity index (χ0) is 9.14. The van der Waals surface area contributed by atoms with Crippen molar-refractivity contribution in [2.75, 3.05) is 26.7 Å². The lowest BCUT2D eigenvalue weighted by Gasteiger charge is -2.29. The summed E-state index contributed by atoms with van der Waals surface area (Å²) in [6.45, 7) is 1.43. The lowest BCUT2D eigenvalue weighted by Crippen LogP contribution is -2.52. The van der Waals surface area contributed by atoms with E-state index in [2.05, 4.69) is 5.32 Å². The average Bonchev–Trinajstić information content (AvgIpc) is 1.81. The largest absolute Gasteiger partial charge is 0.368 e. The molecule has 0 aliphatic carbocycles. The Bertz CT molecular complexity index is 201. The van der Waals surface area contributed by atoms with Crippen LogP contribution in [0.15, 0.2) is 0 Å². The Hall–Kier alpha value is -1.10. The molecule has 0 aromatic rings. The van der Waals surface area contributed by atoms with Gasteiger partial charge in [0.1, 0.15) is 0 Å². The summed E-state index contributed by atoms with van der Waals surface area (Å²) in [4.78, 5) is 23.2. The van der Waals surface area contributed by atoms with Gasteiger partial charge in [-0.25, -0.2) is 0 Å². The molecule has 12 heavy (non-hydrogen) atoms. The van der Waals surface area contributed by atoms with Crippen LogP contribution >= 0.6 is 0 Å². The molecular weight excluding hydrogens is 158 g/mol. The molecule has 1 saturated heterocycles. The predicted octanol–water partition coefficient (Wildman–Crippen LogP) is -1.85. The normalized spacial score (nSPS) is 16.8. The molecule has 1 aliphatic heterocycles. The van der Waals surface area contributed by atoms with Gasteiger partial charge in [0.2, 0.25) is 11.8 Å². The Labute approximate surface area is 70.9 Å². The molecule has 5 heteroatoms. The Morgan fingerprint density at radius 1 is 1.58 bits per heavy atom. The first-order valence-electron chi connectivity index (χ1n) is 3.85. The third-order valence-corrected chi connectivity index (χ3v) is 1.90. The molecule has 68 valence electrons. The second-order valence-corrected chi connectivity index (χ2v) is 3.02. The highest BCUT2D eigenvalue weighted by Crippen LogP contribution is 2.05. The van der Waals surface area contributed by atoms with Gasteiger partial charge in [-0.1, -0.05) is 0 Å². The van der Waals surface area contributed by atoms with Crippen LogP contribution in [-0.4, -0.2) is 43.4 Å². The van der Waals surface area contributed by atoms with Gasteiger partial charge in [-0.15, -0.1) is 0 Å². The summed E-state index contributed by atoms with van der Waals surface area (Å²) in [7, 11) is 1.59. The number of hydrogen-bond donors (Lipinski definition) is 2. The van der Waals surface area contributed by atoms with Crippen LogP contribution in [0.4, 0.5) is 0 Å². The third-order valence-electron chi connectivity index (χ3n) is 1.90. The molecule has 1 rings (SSSR count). The number of likely N-dealkylation sites (N-methyl/N-ethyl adjacent to an activating group) is 1. The molecule has 0 atom stereocenters. The Morgan fingerprint density at radius 3 is 2.50 bits per heavy atom. The van der Waals surface area contributed by atoms with Crippen molar-refractivity contribution in [1.29, 1.82) is 0 Å². The van der Waals surface area contributed by atoms with Crippen LogP contribution in [0.5, 0.6) is 0 Å². The van der Waals surface area contributed by atoms with Crippen LogP contribution in [0.2, 0.25) is 0 Å². The van der Waals surface area contributed by atoms with Gasteiger partial charge in [0.25, 0.3) is 0 Å². The van der Waals surface area contributed by atoms with Gasteiger partial charge in [0, 0.05) is 20.1 Å². The highest BCUT2D eigenvalue weighted by atomic mass is 16.2. The fraction of sp³-hybridized carbons (Fsp3) is 0.714. The smallest absolute Gasteiger partial charge is 0.237 e. The second kappa shape index (κ2) is 3.53. The van der Waals surface area contributed by atoms with E-state index in [1.165, 1.54) is 4.90 Å². The van der Waals surface area contributed by atoms with Crippen molar-refractivity contribution in [2.45, 2.75) is 0 Å². The van der Waals surface area contributed by atoms with Crippen LogP contribution in [0.1, 0.15) is 0 Å². The molecule has 1 aliphatic rings. The van der Waals surface area contributed by atoms with Gasteiger partial charge < -0.3 is 16.0 Å². The quantitative estimate of drug-likeness (QED) is 0.523. The molecule has 0 spiro atoms. The fourth-order valence-corrected chi connectivity index (χ4v) is 1.09. The number of carbonyl (C=O) groups excluding carboxylic acids is 2. The van der Waals surface area contributed by atoms with Crippen LogP contribution in [-0.2, 0) is 9.59 Å². The molecule has 5 nitrogen and oxygen atoms in total. The summed E-state index contributed by atoms with van der Waals surface area (Å²) in [6, 6.07) is 0. The van der Waals surface area contributed by atoms with Gasteiger partial charge in [0.15, 0.2) is 0 Å². The van der Waals surface area contributed by atoms with Crippen LogP contribution in [0, 0.1) is 5.92 Å². The van der Waals surface area contributed by atoms with Crippen molar-refractivity contribution < 1.29 is 9.59 Å². The number of carbonyl (C=O) groups is 2. The minimum Gasteiger partial charge on any atom is -0.368 e. The zero-order valence-electron chi connectivity index (χ0n) is 7.04. The maximum absolute atomic E-state index is 11.3. The first-order chi connectivity index (χ1) is 5.61. The van der Waals surface area contributed by atoms with Gasteiger partial charge in [-0.2, -0.15) is 0 Å². The van der Waals surface area contributed by atoms with Crippen molar-refractivity contribution >= 4 is 11.8 Å². The van der Waals surface area contributed by atoms with Crippen LogP contribution in [0.25, 0.3) is 0 Å². The first kappa shape index (κ1) is 8.99. The molecular formula is C7H13N3O2. The maximum atomic E-state index is 11.3. The first-order valence-corrected chi connectivity index (χ1v) is 3.85. The van der Waals surface area contributed by atoms with E-state index in [0.29, 0.717) is 13.1 Å². The molecule has 1 fully saturated rings.